The van der Waals surface area contributed by atoms with Crippen LogP contribution in [0.1, 0.15) is 11.7 Å². The molecule has 0 saturated carbocycles. The van der Waals surface area contributed by atoms with Crippen LogP contribution in [0.4, 0.5) is 0 Å². The van der Waals surface area contributed by atoms with Gasteiger partial charge in [0.2, 0.25) is 0 Å². The molecule has 96 valence electrons. The molecule has 0 unspecified atom stereocenters. The average Bonchev–Trinajstić information content (AvgIpc) is 2.19. The summed E-state index contributed by atoms with van der Waals surface area (Å²) in [6.07, 6.45) is -0.885. The van der Waals surface area contributed by atoms with Crippen LogP contribution < -0.4 is 9.50 Å². The number of likely N-dealkylation sites (N-methyl/N-ethyl adjacent to an activating group) is 1. The average molecular weight is 263 g/mol. The van der Waals surface area contributed by atoms with Crippen molar-refractivity contribution in [2.24, 2.45) is 0 Å². The summed E-state index contributed by atoms with van der Waals surface area (Å²) in [6, 6.07) is 3.70. The predicted octanol–water partition coefficient (Wildman–Crippen LogP) is -0.173. The third-order valence-corrected chi connectivity index (χ3v) is 2.35. The van der Waals surface area contributed by atoms with Crippen LogP contribution in [0.15, 0.2) is 18.2 Å². The lowest BCUT2D eigenvalue weighted by atomic mass is 10.1. The SMILES string of the molecule is CNC[C@@H](O)c1ccc(O)c(OS(=O)(=O)O)c1. The minimum Gasteiger partial charge on any atom is -0.504 e. The van der Waals surface area contributed by atoms with E-state index in [1.165, 1.54) is 6.07 Å². The Kier molecular flexibility index (Phi) is 4.29. The molecule has 4 N–H and O–H groups in total. The first-order valence-electron chi connectivity index (χ1n) is 4.66. The first kappa shape index (κ1) is 13.7. The van der Waals surface area contributed by atoms with Gasteiger partial charge >= 0.3 is 10.4 Å². The molecule has 1 rings (SSSR count). The molecule has 0 saturated heterocycles. The van der Waals surface area contributed by atoms with Crippen molar-refractivity contribution < 1.29 is 27.4 Å². The monoisotopic (exact) mass is 263 g/mol. The maximum atomic E-state index is 10.5. The number of phenols is 1. The summed E-state index contributed by atoms with van der Waals surface area (Å²) in [5.41, 5.74) is 0.343. The minimum atomic E-state index is -4.71. The molecule has 8 heteroatoms. The fourth-order valence-electron chi connectivity index (χ4n) is 1.23. The first-order chi connectivity index (χ1) is 7.83. The van der Waals surface area contributed by atoms with E-state index in [1.807, 2.05) is 0 Å². The van der Waals surface area contributed by atoms with Gasteiger partial charge in [-0.15, -0.1) is 0 Å². The number of rotatable bonds is 5. The Hall–Kier alpha value is -1.35. The van der Waals surface area contributed by atoms with Crippen LogP contribution in [0.2, 0.25) is 0 Å². The number of hydrogen-bond donors (Lipinski definition) is 4. The number of nitrogens with one attached hydrogen (secondary N) is 1. The van der Waals surface area contributed by atoms with Crippen molar-refractivity contribution >= 4 is 10.4 Å². The molecule has 1 atom stereocenters. The third-order valence-electron chi connectivity index (χ3n) is 1.96. The van der Waals surface area contributed by atoms with Crippen LogP contribution in [0, 0.1) is 0 Å². The van der Waals surface area contributed by atoms with E-state index in [0.717, 1.165) is 12.1 Å². The summed E-state index contributed by atoms with van der Waals surface area (Å²) in [5.74, 6) is -0.900. The van der Waals surface area contributed by atoms with E-state index in [0.29, 0.717) is 5.56 Å². The van der Waals surface area contributed by atoms with Gasteiger partial charge in [-0.3, -0.25) is 4.55 Å². The van der Waals surface area contributed by atoms with Crippen molar-refractivity contribution in [2.45, 2.75) is 6.10 Å². The second-order valence-corrected chi connectivity index (χ2v) is 4.33. The predicted molar refractivity (Wildman–Crippen MR) is 59.2 cm³/mol. The van der Waals surface area contributed by atoms with Crippen molar-refractivity contribution in [1.82, 2.24) is 5.32 Å². The largest absolute Gasteiger partial charge is 0.504 e. The zero-order valence-electron chi connectivity index (χ0n) is 8.99. The summed E-state index contributed by atoms with van der Waals surface area (Å²) < 4.78 is 33.7. The molecule has 17 heavy (non-hydrogen) atoms. The molecule has 0 aliphatic carbocycles. The Morgan fingerprint density at radius 2 is 2.12 bits per heavy atom. The van der Waals surface area contributed by atoms with E-state index >= 15 is 0 Å². The summed E-state index contributed by atoms with van der Waals surface area (Å²) in [5, 5.41) is 21.7. The zero-order valence-corrected chi connectivity index (χ0v) is 9.81. The summed E-state index contributed by atoms with van der Waals surface area (Å²) in [6.45, 7) is 0.246. The van der Waals surface area contributed by atoms with Gasteiger partial charge in [0.25, 0.3) is 0 Å². The molecule has 0 aromatic heterocycles. The molecule has 0 heterocycles. The molecule has 1 aromatic carbocycles. The second-order valence-electron chi connectivity index (χ2n) is 3.31. The van der Waals surface area contributed by atoms with E-state index in [2.05, 4.69) is 9.50 Å². The molecule has 0 aliphatic heterocycles. The summed E-state index contributed by atoms with van der Waals surface area (Å²) in [7, 11) is -3.07. The topological polar surface area (TPSA) is 116 Å². The van der Waals surface area contributed by atoms with E-state index in [-0.39, 0.29) is 6.54 Å². The van der Waals surface area contributed by atoms with Gasteiger partial charge in [-0.25, -0.2) is 0 Å². The molecule has 0 amide bonds. The Balaban J connectivity index is 3.02. The molecule has 0 spiro atoms. The van der Waals surface area contributed by atoms with Gasteiger partial charge in [-0.2, -0.15) is 8.42 Å². The van der Waals surface area contributed by atoms with Crippen molar-refractivity contribution in [3.05, 3.63) is 23.8 Å². The lowest BCUT2D eigenvalue weighted by Crippen LogP contribution is -2.16. The van der Waals surface area contributed by atoms with Gasteiger partial charge in [-0.1, -0.05) is 6.07 Å². The highest BCUT2D eigenvalue weighted by Crippen LogP contribution is 2.30. The molecule has 7 nitrogen and oxygen atoms in total. The Morgan fingerprint density at radius 1 is 1.47 bits per heavy atom. The summed E-state index contributed by atoms with van der Waals surface area (Å²) in [4.78, 5) is 0. The normalized spacial score (nSPS) is 13.4. The lowest BCUT2D eigenvalue weighted by molar-refractivity contribution is 0.177. The van der Waals surface area contributed by atoms with Gasteiger partial charge < -0.3 is 19.7 Å². The highest BCUT2D eigenvalue weighted by molar-refractivity contribution is 7.81. The second kappa shape index (κ2) is 5.32. The fraction of sp³-hybridized carbons (Fsp3) is 0.333. The van der Waals surface area contributed by atoms with Crippen LogP contribution in [0.25, 0.3) is 0 Å². The first-order valence-corrected chi connectivity index (χ1v) is 6.02. The molecule has 0 aliphatic rings. The third kappa shape index (κ3) is 4.19. The van der Waals surface area contributed by atoms with Gasteiger partial charge in [0.15, 0.2) is 11.5 Å². The molecule has 1 aromatic rings. The molecular formula is C9H13NO6S. The molecule has 0 bridgehead atoms. The number of hydrogen-bond acceptors (Lipinski definition) is 6. The Labute approximate surface area is 98.6 Å². The van der Waals surface area contributed by atoms with Crippen molar-refractivity contribution in [1.29, 1.82) is 0 Å². The van der Waals surface area contributed by atoms with Crippen LogP contribution >= 0.6 is 0 Å². The maximum absolute atomic E-state index is 10.5. The van der Waals surface area contributed by atoms with Crippen molar-refractivity contribution in [3.63, 3.8) is 0 Å². The van der Waals surface area contributed by atoms with E-state index in [9.17, 15) is 18.6 Å². The van der Waals surface area contributed by atoms with Gasteiger partial charge in [0.1, 0.15) is 0 Å². The zero-order chi connectivity index (χ0) is 13.1. The lowest BCUT2D eigenvalue weighted by Gasteiger charge is -2.12. The highest BCUT2D eigenvalue weighted by Gasteiger charge is 2.15. The highest BCUT2D eigenvalue weighted by atomic mass is 32.3. The van der Waals surface area contributed by atoms with Crippen molar-refractivity contribution in [2.75, 3.05) is 13.6 Å². The maximum Gasteiger partial charge on any atom is 0.446 e. The quantitative estimate of drug-likeness (QED) is 0.545. The van der Waals surface area contributed by atoms with Crippen LogP contribution in [-0.4, -0.2) is 36.8 Å². The molecular weight excluding hydrogens is 250 g/mol. The van der Waals surface area contributed by atoms with Crippen LogP contribution in [0.3, 0.4) is 0 Å². The van der Waals surface area contributed by atoms with E-state index < -0.39 is 28.0 Å². The number of phenolic OH excluding ortho intramolecular Hbond substituents is 1. The van der Waals surface area contributed by atoms with Crippen LogP contribution in [0.5, 0.6) is 11.5 Å². The number of aromatic hydroxyl groups is 1. The van der Waals surface area contributed by atoms with Crippen molar-refractivity contribution in [3.8, 4) is 11.5 Å². The van der Waals surface area contributed by atoms with E-state index in [1.54, 1.807) is 7.05 Å². The molecule has 0 radical (unpaired) electrons. The number of aliphatic hydroxyl groups is 1. The smallest absolute Gasteiger partial charge is 0.446 e. The van der Waals surface area contributed by atoms with Crippen LogP contribution in [-0.2, 0) is 10.4 Å². The van der Waals surface area contributed by atoms with Gasteiger partial charge in [0.05, 0.1) is 6.10 Å². The fourth-order valence-corrected chi connectivity index (χ4v) is 1.59. The van der Waals surface area contributed by atoms with Gasteiger partial charge in [0, 0.05) is 6.54 Å². The minimum absolute atomic E-state index is 0.246. The number of benzene rings is 1. The Morgan fingerprint density at radius 3 is 2.65 bits per heavy atom. The Bertz CT molecular complexity index is 486. The standard InChI is InChI=1S/C9H13NO6S/c1-10-5-8(12)6-2-3-7(11)9(4-6)16-17(13,14)15/h2-4,8,10-12H,5H2,1H3,(H,13,14,15)/t8-/m1/s1. The number of aliphatic hydroxyl groups excluding tert-OH is 1. The van der Waals surface area contributed by atoms with E-state index in [4.69, 9.17) is 4.55 Å². The van der Waals surface area contributed by atoms with Gasteiger partial charge in [-0.05, 0) is 24.7 Å². The summed E-state index contributed by atoms with van der Waals surface area (Å²) >= 11 is 0. The molecule has 0 fully saturated rings.